The fourth-order valence-corrected chi connectivity index (χ4v) is 3.71. The third kappa shape index (κ3) is 5.55. The number of aromatic nitrogens is 1. The summed E-state index contributed by atoms with van der Waals surface area (Å²) in [5, 5.41) is 7.15. The number of hydrogen-bond acceptors (Lipinski definition) is 6. The lowest BCUT2D eigenvalue weighted by Crippen LogP contribution is -2.45. The Morgan fingerprint density at radius 3 is 2.56 bits per heavy atom. The number of benzene rings is 2. The summed E-state index contributed by atoms with van der Waals surface area (Å²) in [6.07, 6.45) is 8.14. The van der Waals surface area contributed by atoms with Gasteiger partial charge in [-0.25, -0.2) is 0 Å². The number of carbonyl (C=O) groups excluding carboxylic acids is 1. The van der Waals surface area contributed by atoms with Crippen LogP contribution in [0, 0.1) is 0 Å². The number of nitrogens with one attached hydrogen (secondary N) is 2. The van der Waals surface area contributed by atoms with Gasteiger partial charge in [-0.1, -0.05) is 36.4 Å². The van der Waals surface area contributed by atoms with E-state index >= 15 is 0 Å². The van der Waals surface area contributed by atoms with E-state index in [1.54, 1.807) is 20.4 Å². The molecule has 0 bridgehead atoms. The normalized spacial score (nSPS) is 16.0. The highest BCUT2D eigenvalue weighted by molar-refractivity contribution is 5.88. The van der Waals surface area contributed by atoms with Crippen molar-refractivity contribution in [2.75, 3.05) is 14.2 Å². The van der Waals surface area contributed by atoms with Gasteiger partial charge in [-0.15, -0.1) is 0 Å². The van der Waals surface area contributed by atoms with Gasteiger partial charge < -0.3 is 24.8 Å². The summed E-state index contributed by atoms with van der Waals surface area (Å²) in [5.41, 5.74) is 1.89. The average molecular weight is 460 g/mol. The number of hydrogen-bond donors (Lipinski definition) is 2. The summed E-state index contributed by atoms with van der Waals surface area (Å²) in [5.74, 6) is 2.57. The van der Waals surface area contributed by atoms with Gasteiger partial charge in [0.15, 0.2) is 11.5 Å². The first-order chi connectivity index (χ1) is 16.6. The number of methoxy groups -OCH3 is 2. The minimum Gasteiger partial charge on any atom is -0.493 e. The van der Waals surface area contributed by atoms with E-state index in [-0.39, 0.29) is 18.0 Å². The Hall–Kier alpha value is -3.84. The second-order valence-electron chi connectivity index (χ2n) is 8.04. The van der Waals surface area contributed by atoms with E-state index in [1.807, 2.05) is 73.7 Å². The molecule has 7 nitrogen and oxygen atoms in total. The number of allylic oxidation sites excluding steroid dienone is 1. The Labute approximate surface area is 199 Å². The molecule has 0 spiro atoms. The fraction of sp³-hybridized carbons (Fsp3) is 0.259. The number of fused-ring (bicyclic) bond motifs is 1. The molecule has 0 aliphatic heterocycles. The third-order valence-corrected chi connectivity index (χ3v) is 5.68. The van der Waals surface area contributed by atoms with Gasteiger partial charge in [0.05, 0.1) is 31.8 Å². The summed E-state index contributed by atoms with van der Waals surface area (Å²) in [6.45, 7) is 2.51. The van der Waals surface area contributed by atoms with Crippen molar-refractivity contribution in [2.24, 2.45) is 0 Å². The molecule has 1 amide bonds. The van der Waals surface area contributed by atoms with Crippen molar-refractivity contribution in [3.8, 4) is 17.2 Å². The van der Waals surface area contributed by atoms with Crippen LogP contribution in [-0.4, -0.2) is 37.2 Å². The standard InChI is InChI=1S/C27H29N3O4/c1-18(29-17-19-7-5-4-6-8-19)27(31)30-20-9-11-21(12-10-20)34-24-13-14-28-23-16-26(33-3)25(32-2)15-22(23)24/h4-9,11-16,18,20,29H,10,17H2,1-3H3,(H,30,31). The predicted octanol–water partition coefficient (Wildman–Crippen LogP) is 4.14. The smallest absolute Gasteiger partial charge is 0.237 e. The molecule has 1 aliphatic carbocycles. The maximum atomic E-state index is 12.6. The zero-order valence-electron chi connectivity index (χ0n) is 19.6. The zero-order chi connectivity index (χ0) is 23.9. The first-order valence-corrected chi connectivity index (χ1v) is 11.2. The molecule has 2 aromatic carbocycles. The van der Waals surface area contributed by atoms with Crippen LogP contribution < -0.4 is 24.8 Å². The third-order valence-electron chi connectivity index (χ3n) is 5.68. The van der Waals surface area contributed by atoms with Crippen molar-refractivity contribution < 1.29 is 19.0 Å². The van der Waals surface area contributed by atoms with Crippen LogP contribution in [0.3, 0.4) is 0 Å². The molecule has 0 radical (unpaired) electrons. The van der Waals surface area contributed by atoms with Gasteiger partial charge in [-0.2, -0.15) is 0 Å². The molecule has 1 aliphatic rings. The molecule has 34 heavy (non-hydrogen) atoms. The van der Waals surface area contributed by atoms with Crippen LogP contribution in [0.5, 0.6) is 17.2 Å². The quantitative estimate of drug-likeness (QED) is 0.501. The lowest BCUT2D eigenvalue weighted by molar-refractivity contribution is -0.123. The van der Waals surface area contributed by atoms with E-state index in [2.05, 4.69) is 15.6 Å². The average Bonchev–Trinajstić information content (AvgIpc) is 2.88. The van der Waals surface area contributed by atoms with E-state index in [1.165, 1.54) is 0 Å². The number of amides is 1. The maximum absolute atomic E-state index is 12.6. The van der Waals surface area contributed by atoms with Crippen molar-refractivity contribution in [3.63, 3.8) is 0 Å². The van der Waals surface area contributed by atoms with Crippen LogP contribution >= 0.6 is 0 Å². The summed E-state index contributed by atoms with van der Waals surface area (Å²) in [7, 11) is 3.19. The molecule has 0 saturated carbocycles. The van der Waals surface area contributed by atoms with E-state index in [0.717, 1.165) is 16.5 Å². The largest absolute Gasteiger partial charge is 0.493 e. The minimum absolute atomic E-state index is 0.0375. The number of pyridine rings is 1. The highest BCUT2D eigenvalue weighted by Gasteiger charge is 2.18. The molecule has 176 valence electrons. The summed E-state index contributed by atoms with van der Waals surface area (Å²) < 4.78 is 16.9. The van der Waals surface area contributed by atoms with E-state index in [0.29, 0.717) is 36.0 Å². The van der Waals surface area contributed by atoms with Crippen LogP contribution in [0.2, 0.25) is 0 Å². The highest BCUT2D eigenvalue weighted by atomic mass is 16.5. The Morgan fingerprint density at radius 1 is 1.09 bits per heavy atom. The second kappa shape index (κ2) is 10.9. The second-order valence-corrected chi connectivity index (χ2v) is 8.04. The predicted molar refractivity (Wildman–Crippen MR) is 132 cm³/mol. The Bertz CT molecular complexity index is 1210. The molecule has 4 rings (SSSR count). The van der Waals surface area contributed by atoms with Gasteiger partial charge in [-0.05, 0) is 43.2 Å². The van der Waals surface area contributed by atoms with Crippen molar-refractivity contribution >= 4 is 16.8 Å². The summed E-state index contributed by atoms with van der Waals surface area (Å²) in [6, 6.07) is 15.1. The monoisotopic (exact) mass is 459 g/mol. The SMILES string of the molecule is COc1cc2nccc(OC3=CCC(NC(=O)C(C)NCc4ccccc4)C=C3)c2cc1OC. The number of carbonyl (C=O) groups is 1. The maximum Gasteiger partial charge on any atom is 0.237 e. The molecule has 0 saturated heterocycles. The first kappa shape index (κ1) is 23.3. The van der Waals surface area contributed by atoms with E-state index in [9.17, 15) is 4.79 Å². The van der Waals surface area contributed by atoms with E-state index in [4.69, 9.17) is 14.2 Å². The molecule has 2 atom stereocenters. The molecular weight excluding hydrogens is 430 g/mol. The van der Waals surface area contributed by atoms with Crippen molar-refractivity contribution in [2.45, 2.75) is 32.0 Å². The Morgan fingerprint density at radius 2 is 1.85 bits per heavy atom. The molecular formula is C27H29N3O4. The van der Waals surface area contributed by atoms with Gasteiger partial charge in [0.1, 0.15) is 11.5 Å². The molecule has 0 fully saturated rings. The van der Waals surface area contributed by atoms with Crippen LogP contribution in [0.15, 0.2) is 78.7 Å². The van der Waals surface area contributed by atoms with Crippen LogP contribution in [-0.2, 0) is 11.3 Å². The summed E-state index contributed by atoms with van der Waals surface area (Å²) >= 11 is 0. The Balaban J connectivity index is 1.35. The van der Waals surface area contributed by atoms with Gasteiger partial charge >= 0.3 is 0 Å². The molecule has 7 heteroatoms. The van der Waals surface area contributed by atoms with Crippen molar-refractivity contribution in [1.29, 1.82) is 0 Å². The van der Waals surface area contributed by atoms with Crippen LogP contribution in [0.4, 0.5) is 0 Å². The minimum atomic E-state index is -0.301. The Kier molecular flexibility index (Phi) is 7.44. The lowest BCUT2D eigenvalue weighted by atomic mass is 10.1. The van der Waals surface area contributed by atoms with Gasteiger partial charge in [0.2, 0.25) is 5.91 Å². The van der Waals surface area contributed by atoms with E-state index < -0.39 is 0 Å². The van der Waals surface area contributed by atoms with Crippen LogP contribution in [0.25, 0.3) is 10.9 Å². The number of ether oxygens (including phenoxy) is 3. The molecule has 1 heterocycles. The zero-order valence-corrected chi connectivity index (χ0v) is 19.6. The van der Waals surface area contributed by atoms with Gasteiger partial charge in [0.25, 0.3) is 0 Å². The molecule has 1 aromatic heterocycles. The van der Waals surface area contributed by atoms with Gasteiger partial charge in [0, 0.05) is 24.2 Å². The topological polar surface area (TPSA) is 81.7 Å². The molecule has 2 N–H and O–H groups in total. The van der Waals surface area contributed by atoms with Gasteiger partial charge in [-0.3, -0.25) is 9.78 Å². The molecule has 2 unspecified atom stereocenters. The van der Waals surface area contributed by atoms with Crippen molar-refractivity contribution in [3.05, 3.63) is 84.3 Å². The summed E-state index contributed by atoms with van der Waals surface area (Å²) in [4.78, 5) is 17.0. The van der Waals surface area contributed by atoms with Crippen molar-refractivity contribution in [1.82, 2.24) is 15.6 Å². The number of rotatable bonds is 9. The molecule has 3 aromatic rings. The highest BCUT2D eigenvalue weighted by Crippen LogP contribution is 2.36. The first-order valence-electron chi connectivity index (χ1n) is 11.2. The lowest BCUT2D eigenvalue weighted by Gasteiger charge is -2.21. The number of nitrogens with zero attached hydrogens (tertiary/aromatic N) is 1. The fourth-order valence-electron chi connectivity index (χ4n) is 3.71. The van der Waals surface area contributed by atoms with Crippen LogP contribution in [0.1, 0.15) is 18.9 Å².